The van der Waals surface area contributed by atoms with E-state index in [1.807, 2.05) is 11.7 Å². The summed E-state index contributed by atoms with van der Waals surface area (Å²) in [6.45, 7) is 2.29. The summed E-state index contributed by atoms with van der Waals surface area (Å²) in [4.78, 5) is 5.45. The molecule has 0 saturated heterocycles. The summed E-state index contributed by atoms with van der Waals surface area (Å²) in [6.07, 6.45) is 9.58. The quantitative estimate of drug-likeness (QED) is 0.854. The van der Waals surface area contributed by atoms with Gasteiger partial charge in [-0.2, -0.15) is 0 Å². The van der Waals surface area contributed by atoms with Crippen molar-refractivity contribution in [3.05, 3.63) is 16.6 Å². The summed E-state index contributed by atoms with van der Waals surface area (Å²) in [5.41, 5.74) is 8.71. The van der Waals surface area contributed by atoms with Crippen molar-refractivity contribution in [3.63, 3.8) is 0 Å². The molecular weight excluding hydrogens is 204 g/mol. The van der Waals surface area contributed by atoms with E-state index in [-0.39, 0.29) is 0 Å². The van der Waals surface area contributed by atoms with Gasteiger partial charge >= 0.3 is 0 Å². The molecule has 15 heavy (non-hydrogen) atoms. The van der Waals surface area contributed by atoms with E-state index in [1.165, 1.54) is 37.0 Å². The van der Waals surface area contributed by atoms with E-state index in [4.69, 9.17) is 5.73 Å². The molecule has 0 aliphatic heterocycles. The van der Waals surface area contributed by atoms with Gasteiger partial charge in [-0.3, -0.25) is 4.98 Å². The van der Waals surface area contributed by atoms with Gasteiger partial charge in [0.1, 0.15) is 0 Å². The highest BCUT2D eigenvalue weighted by Crippen LogP contribution is 2.44. The van der Waals surface area contributed by atoms with Crippen LogP contribution in [-0.2, 0) is 6.42 Å². The lowest BCUT2D eigenvalue weighted by Gasteiger charge is -2.34. The molecule has 1 heterocycles. The number of rotatable bonds is 4. The van der Waals surface area contributed by atoms with E-state index in [9.17, 15) is 0 Å². The van der Waals surface area contributed by atoms with Gasteiger partial charge in [0.2, 0.25) is 0 Å². The van der Waals surface area contributed by atoms with Crippen LogP contribution >= 0.6 is 11.3 Å². The molecule has 84 valence electrons. The molecule has 0 spiro atoms. The predicted octanol–water partition coefficient (Wildman–Crippen LogP) is 2.98. The molecule has 3 heteroatoms. The molecule has 1 aliphatic carbocycles. The maximum atomic E-state index is 6.39. The molecular formula is C12H20N2S. The summed E-state index contributed by atoms with van der Waals surface area (Å²) < 4.78 is 0. The van der Waals surface area contributed by atoms with Gasteiger partial charge in [0, 0.05) is 17.1 Å². The number of aromatic nitrogens is 1. The van der Waals surface area contributed by atoms with Crippen LogP contribution in [0, 0.1) is 5.41 Å². The van der Waals surface area contributed by atoms with E-state index in [0.717, 1.165) is 6.42 Å². The van der Waals surface area contributed by atoms with Gasteiger partial charge in [-0.25, -0.2) is 0 Å². The van der Waals surface area contributed by atoms with Crippen molar-refractivity contribution in [1.82, 2.24) is 4.98 Å². The zero-order valence-corrected chi connectivity index (χ0v) is 10.2. The second-order valence-corrected chi connectivity index (χ2v) is 5.67. The highest BCUT2D eigenvalue weighted by Gasteiger charge is 2.37. The Hall–Kier alpha value is -0.410. The van der Waals surface area contributed by atoms with Gasteiger partial charge in [-0.15, -0.1) is 11.3 Å². The Bertz CT molecular complexity index is 289. The average molecular weight is 224 g/mol. The van der Waals surface area contributed by atoms with E-state index in [1.54, 1.807) is 11.3 Å². The summed E-state index contributed by atoms with van der Waals surface area (Å²) in [7, 11) is 0. The van der Waals surface area contributed by atoms with Crippen molar-refractivity contribution in [2.75, 3.05) is 0 Å². The first-order valence-electron chi connectivity index (χ1n) is 5.90. The van der Waals surface area contributed by atoms with Gasteiger partial charge in [0.15, 0.2) is 0 Å². The molecule has 0 amide bonds. The topological polar surface area (TPSA) is 38.9 Å². The summed E-state index contributed by atoms with van der Waals surface area (Å²) >= 11 is 1.73. The normalized spacial score (nSPS) is 21.7. The third-order valence-corrected chi connectivity index (χ3v) is 4.80. The van der Waals surface area contributed by atoms with Crippen molar-refractivity contribution in [1.29, 1.82) is 0 Å². The third kappa shape index (κ3) is 2.23. The van der Waals surface area contributed by atoms with Crippen LogP contribution in [0.3, 0.4) is 0 Å². The molecule has 0 aromatic carbocycles. The molecule has 0 radical (unpaired) electrons. The molecule has 1 unspecified atom stereocenters. The monoisotopic (exact) mass is 224 g/mol. The van der Waals surface area contributed by atoms with Crippen molar-refractivity contribution in [2.45, 2.75) is 51.5 Å². The minimum Gasteiger partial charge on any atom is -0.327 e. The zero-order chi connectivity index (χ0) is 10.7. The highest BCUT2D eigenvalue weighted by molar-refractivity contribution is 7.09. The lowest BCUT2D eigenvalue weighted by atomic mass is 9.75. The predicted molar refractivity (Wildman–Crippen MR) is 65.0 cm³/mol. The van der Waals surface area contributed by atoms with Gasteiger partial charge in [0.25, 0.3) is 0 Å². The van der Waals surface area contributed by atoms with Gasteiger partial charge in [-0.1, -0.05) is 19.8 Å². The number of nitrogens with zero attached hydrogens (tertiary/aromatic N) is 1. The van der Waals surface area contributed by atoms with Crippen LogP contribution in [-0.4, -0.2) is 11.0 Å². The van der Waals surface area contributed by atoms with Crippen LogP contribution in [0.5, 0.6) is 0 Å². The Labute approximate surface area is 95.9 Å². The molecule has 1 atom stereocenters. The minimum absolute atomic E-state index is 0.324. The standard InChI is InChI=1S/C12H20N2S/c1-2-12(5-3-4-6-12)11(13)7-10-8-14-9-15-10/h8-9,11H,2-7,13H2,1H3. The first-order chi connectivity index (χ1) is 7.27. The Morgan fingerprint density at radius 3 is 2.80 bits per heavy atom. The van der Waals surface area contributed by atoms with Gasteiger partial charge in [-0.05, 0) is 31.1 Å². The highest BCUT2D eigenvalue weighted by atomic mass is 32.1. The molecule has 1 saturated carbocycles. The molecule has 2 nitrogen and oxygen atoms in total. The molecule has 2 N–H and O–H groups in total. The summed E-state index contributed by atoms with van der Waals surface area (Å²) in [5.74, 6) is 0. The van der Waals surface area contributed by atoms with Crippen LogP contribution in [0.2, 0.25) is 0 Å². The fraction of sp³-hybridized carbons (Fsp3) is 0.750. The lowest BCUT2D eigenvalue weighted by molar-refractivity contribution is 0.219. The minimum atomic E-state index is 0.324. The first-order valence-corrected chi connectivity index (χ1v) is 6.78. The van der Waals surface area contributed by atoms with E-state index < -0.39 is 0 Å². The van der Waals surface area contributed by atoms with Crippen LogP contribution in [0.1, 0.15) is 43.9 Å². The first kappa shape index (κ1) is 11.1. The van der Waals surface area contributed by atoms with E-state index in [0.29, 0.717) is 11.5 Å². The average Bonchev–Trinajstić information content (AvgIpc) is 2.87. The number of hydrogen-bond acceptors (Lipinski definition) is 3. The molecule has 1 aromatic heterocycles. The number of hydrogen-bond donors (Lipinski definition) is 1. The molecule has 1 fully saturated rings. The second-order valence-electron chi connectivity index (χ2n) is 4.70. The number of nitrogens with two attached hydrogens (primary N) is 1. The Morgan fingerprint density at radius 2 is 2.27 bits per heavy atom. The van der Waals surface area contributed by atoms with Crippen LogP contribution in [0.4, 0.5) is 0 Å². The van der Waals surface area contributed by atoms with Crippen molar-refractivity contribution >= 4 is 11.3 Å². The smallest absolute Gasteiger partial charge is 0.0794 e. The molecule has 0 bridgehead atoms. The Balaban J connectivity index is 2.02. The third-order valence-electron chi connectivity index (χ3n) is 3.99. The van der Waals surface area contributed by atoms with Crippen molar-refractivity contribution < 1.29 is 0 Å². The van der Waals surface area contributed by atoms with Crippen LogP contribution in [0.25, 0.3) is 0 Å². The maximum Gasteiger partial charge on any atom is 0.0794 e. The molecule has 1 aliphatic rings. The second kappa shape index (κ2) is 4.62. The van der Waals surface area contributed by atoms with E-state index >= 15 is 0 Å². The van der Waals surface area contributed by atoms with Crippen molar-refractivity contribution in [3.8, 4) is 0 Å². The lowest BCUT2D eigenvalue weighted by Crippen LogP contribution is -2.40. The summed E-state index contributed by atoms with van der Waals surface area (Å²) in [6, 6.07) is 0.324. The Morgan fingerprint density at radius 1 is 1.53 bits per heavy atom. The van der Waals surface area contributed by atoms with Crippen LogP contribution < -0.4 is 5.73 Å². The Kier molecular flexibility index (Phi) is 3.42. The zero-order valence-electron chi connectivity index (χ0n) is 9.41. The van der Waals surface area contributed by atoms with Gasteiger partial charge in [0.05, 0.1) is 5.51 Å². The molecule has 2 rings (SSSR count). The summed E-state index contributed by atoms with van der Waals surface area (Å²) in [5, 5.41) is 0. The fourth-order valence-corrected chi connectivity index (χ4v) is 3.50. The van der Waals surface area contributed by atoms with Crippen molar-refractivity contribution in [2.24, 2.45) is 11.1 Å². The SMILES string of the molecule is CCC1(C(N)Cc2cncs2)CCCC1. The number of thiazole rings is 1. The molecule has 1 aromatic rings. The van der Waals surface area contributed by atoms with Crippen LogP contribution in [0.15, 0.2) is 11.7 Å². The van der Waals surface area contributed by atoms with Gasteiger partial charge < -0.3 is 5.73 Å². The largest absolute Gasteiger partial charge is 0.327 e. The fourth-order valence-electron chi connectivity index (χ4n) is 2.84. The van der Waals surface area contributed by atoms with E-state index in [2.05, 4.69) is 11.9 Å². The maximum absolute atomic E-state index is 6.39.